The monoisotopic (exact) mass is 250 g/mol. The number of hydrogen-bond donors (Lipinski definition) is 2. The number of rotatable bonds is 4. The van der Waals surface area contributed by atoms with E-state index < -0.39 is 0 Å². The lowest BCUT2D eigenvalue weighted by Gasteiger charge is -2.06. The number of aromatic nitrogens is 1. The van der Waals surface area contributed by atoms with Gasteiger partial charge in [0.15, 0.2) is 0 Å². The van der Waals surface area contributed by atoms with Crippen molar-refractivity contribution in [2.75, 3.05) is 0 Å². The van der Waals surface area contributed by atoms with Crippen LogP contribution in [0.3, 0.4) is 0 Å². The molecule has 0 aliphatic heterocycles. The Bertz CT molecular complexity index is 532. The van der Waals surface area contributed by atoms with Crippen LogP contribution >= 0.6 is 0 Å². The van der Waals surface area contributed by atoms with Crippen LogP contribution in [-0.2, 0) is 13.1 Å². The summed E-state index contributed by atoms with van der Waals surface area (Å²) in [6.07, 6.45) is 0. The molecule has 0 unspecified atom stereocenters. The molecule has 0 bridgehead atoms. The van der Waals surface area contributed by atoms with Crippen molar-refractivity contribution < 1.29 is 14.0 Å². The van der Waals surface area contributed by atoms with Crippen LogP contribution in [0.25, 0.3) is 0 Å². The highest BCUT2D eigenvalue weighted by molar-refractivity contribution is 5.32. The molecule has 2 rings (SSSR count). The second kappa shape index (κ2) is 5.18. The highest BCUT2D eigenvalue weighted by Crippen LogP contribution is 2.18. The summed E-state index contributed by atoms with van der Waals surface area (Å²) >= 11 is 0. The molecule has 0 amide bonds. The molecule has 2 N–H and O–H groups in total. The summed E-state index contributed by atoms with van der Waals surface area (Å²) in [4.78, 5) is 0. The van der Waals surface area contributed by atoms with Crippen molar-refractivity contribution in [1.29, 1.82) is 0 Å². The number of nitrogens with one attached hydrogen (secondary N) is 1. The van der Waals surface area contributed by atoms with Crippen molar-refractivity contribution in [3.63, 3.8) is 0 Å². The summed E-state index contributed by atoms with van der Waals surface area (Å²) in [6, 6.07) is 3.89. The molecule has 4 nitrogen and oxygen atoms in total. The summed E-state index contributed by atoms with van der Waals surface area (Å²) in [6.45, 7) is 4.66. The van der Waals surface area contributed by atoms with Gasteiger partial charge in [-0.3, -0.25) is 0 Å². The summed E-state index contributed by atoms with van der Waals surface area (Å²) in [5, 5.41) is 16.5. The Morgan fingerprint density at radius 3 is 2.78 bits per heavy atom. The van der Waals surface area contributed by atoms with Crippen LogP contribution in [0.4, 0.5) is 4.39 Å². The Kier molecular flexibility index (Phi) is 3.62. The summed E-state index contributed by atoms with van der Waals surface area (Å²) in [7, 11) is 0. The molecule has 0 atom stereocenters. The molecule has 0 aliphatic rings. The van der Waals surface area contributed by atoms with Gasteiger partial charge in [-0.25, -0.2) is 4.39 Å². The number of benzene rings is 1. The maximum Gasteiger partial charge on any atom is 0.138 e. The molecule has 0 saturated heterocycles. The standard InChI is InChI=1S/C13H15FN2O2/c1-8-12(9(2)18-16-8)7-15-6-10-5-11(14)3-4-13(10)17/h3-5,15,17H,6-7H2,1-2H3. The molecule has 0 fully saturated rings. The first kappa shape index (κ1) is 12.6. The number of nitrogens with zero attached hydrogens (tertiary/aromatic N) is 1. The largest absolute Gasteiger partial charge is 0.508 e. The smallest absolute Gasteiger partial charge is 0.138 e. The zero-order chi connectivity index (χ0) is 13.1. The van der Waals surface area contributed by atoms with E-state index in [1.165, 1.54) is 18.2 Å². The van der Waals surface area contributed by atoms with Crippen molar-refractivity contribution in [3.05, 3.63) is 46.6 Å². The van der Waals surface area contributed by atoms with E-state index in [0.29, 0.717) is 18.7 Å². The molecule has 2 aromatic rings. The van der Waals surface area contributed by atoms with Crippen molar-refractivity contribution in [2.24, 2.45) is 0 Å². The molecule has 0 radical (unpaired) electrons. The Balaban J connectivity index is 1.98. The number of aromatic hydroxyl groups is 1. The van der Waals surface area contributed by atoms with Gasteiger partial charge in [0.2, 0.25) is 0 Å². The quantitative estimate of drug-likeness (QED) is 0.875. The molecule has 96 valence electrons. The minimum atomic E-state index is -0.359. The van der Waals surface area contributed by atoms with Crippen LogP contribution in [0.15, 0.2) is 22.7 Å². The Hall–Kier alpha value is -1.88. The molecule has 0 spiro atoms. The normalized spacial score (nSPS) is 10.8. The fourth-order valence-electron chi connectivity index (χ4n) is 1.77. The number of hydrogen-bond acceptors (Lipinski definition) is 4. The molecular formula is C13H15FN2O2. The van der Waals surface area contributed by atoms with E-state index in [4.69, 9.17) is 4.52 Å². The van der Waals surface area contributed by atoms with Gasteiger partial charge in [-0.05, 0) is 32.0 Å². The first-order valence-electron chi connectivity index (χ1n) is 5.68. The second-order valence-electron chi connectivity index (χ2n) is 4.18. The fraction of sp³-hybridized carbons (Fsp3) is 0.308. The Morgan fingerprint density at radius 2 is 2.11 bits per heavy atom. The lowest BCUT2D eigenvalue weighted by atomic mass is 10.1. The first-order valence-corrected chi connectivity index (χ1v) is 5.68. The van der Waals surface area contributed by atoms with E-state index >= 15 is 0 Å². The molecule has 5 heteroatoms. The van der Waals surface area contributed by atoms with Crippen molar-refractivity contribution in [2.45, 2.75) is 26.9 Å². The minimum absolute atomic E-state index is 0.0858. The second-order valence-corrected chi connectivity index (χ2v) is 4.18. The molecular weight excluding hydrogens is 235 g/mol. The van der Waals surface area contributed by atoms with Crippen molar-refractivity contribution in [1.82, 2.24) is 10.5 Å². The SMILES string of the molecule is Cc1noc(C)c1CNCc1cc(F)ccc1O. The van der Waals surface area contributed by atoms with E-state index in [9.17, 15) is 9.50 Å². The summed E-state index contributed by atoms with van der Waals surface area (Å²) in [5.41, 5.74) is 2.36. The topological polar surface area (TPSA) is 58.3 Å². The lowest BCUT2D eigenvalue weighted by molar-refractivity contribution is 0.391. The molecule has 1 aromatic carbocycles. The van der Waals surface area contributed by atoms with Gasteiger partial charge in [-0.1, -0.05) is 5.16 Å². The van der Waals surface area contributed by atoms with Crippen LogP contribution in [0.1, 0.15) is 22.6 Å². The van der Waals surface area contributed by atoms with Gasteiger partial charge in [0.05, 0.1) is 5.69 Å². The van der Waals surface area contributed by atoms with Gasteiger partial charge in [0.25, 0.3) is 0 Å². The van der Waals surface area contributed by atoms with Gasteiger partial charge in [0.1, 0.15) is 17.3 Å². The van der Waals surface area contributed by atoms with E-state index in [1.807, 2.05) is 13.8 Å². The van der Waals surface area contributed by atoms with E-state index in [1.54, 1.807) is 0 Å². The average Bonchev–Trinajstić information content (AvgIpc) is 2.65. The molecule has 0 saturated carbocycles. The number of phenolic OH excluding ortho intramolecular Hbond substituents is 1. The molecule has 18 heavy (non-hydrogen) atoms. The van der Waals surface area contributed by atoms with Gasteiger partial charge in [-0.15, -0.1) is 0 Å². The maximum absolute atomic E-state index is 13.0. The minimum Gasteiger partial charge on any atom is -0.508 e. The van der Waals surface area contributed by atoms with Gasteiger partial charge in [-0.2, -0.15) is 0 Å². The summed E-state index contributed by atoms with van der Waals surface area (Å²) in [5.74, 6) is 0.494. The zero-order valence-corrected chi connectivity index (χ0v) is 10.3. The lowest BCUT2D eigenvalue weighted by Crippen LogP contribution is -2.13. The van der Waals surface area contributed by atoms with Crippen LogP contribution in [0.5, 0.6) is 5.75 Å². The third kappa shape index (κ3) is 2.68. The van der Waals surface area contributed by atoms with Crippen LogP contribution in [0.2, 0.25) is 0 Å². The van der Waals surface area contributed by atoms with Crippen LogP contribution < -0.4 is 5.32 Å². The predicted molar refractivity (Wildman–Crippen MR) is 64.6 cm³/mol. The van der Waals surface area contributed by atoms with Crippen LogP contribution in [0, 0.1) is 19.7 Å². The summed E-state index contributed by atoms with van der Waals surface area (Å²) < 4.78 is 18.1. The van der Waals surface area contributed by atoms with E-state index in [0.717, 1.165) is 17.0 Å². The third-order valence-electron chi connectivity index (χ3n) is 2.84. The average molecular weight is 250 g/mol. The number of aryl methyl sites for hydroxylation is 2. The fourth-order valence-corrected chi connectivity index (χ4v) is 1.77. The van der Waals surface area contributed by atoms with Crippen molar-refractivity contribution in [3.8, 4) is 5.75 Å². The first-order chi connectivity index (χ1) is 8.58. The number of halogens is 1. The van der Waals surface area contributed by atoms with Gasteiger partial charge in [0, 0.05) is 24.2 Å². The zero-order valence-electron chi connectivity index (χ0n) is 10.3. The van der Waals surface area contributed by atoms with Gasteiger partial charge < -0.3 is 14.9 Å². The predicted octanol–water partition coefficient (Wildman–Crippen LogP) is 2.43. The van der Waals surface area contributed by atoms with E-state index in [2.05, 4.69) is 10.5 Å². The highest BCUT2D eigenvalue weighted by Gasteiger charge is 2.09. The Morgan fingerprint density at radius 1 is 1.33 bits per heavy atom. The maximum atomic E-state index is 13.0. The molecule has 1 heterocycles. The Labute approximate surface area is 104 Å². The van der Waals surface area contributed by atoms with Crippen LogP contribution in [-0.4, -0.2) is 10.3 Å². The van der Waals surface area contributed by atoms with E-state index in [-0.39, 0.29) is 11.6 Å². The van der Waals surface area contributed by atoms with Crippen molar-refractivity contribution >= 4 is 0 Å². The molecule has 0 aliphatic carbocycles. The third-order valence-corrected chi connectivity index (χ3v) is 2.84. The van der Waals surface area contributed by atoms with Gasteiger partial charge >= 0.3 is 0 Å². The molecule has 1 aromatic heterocycles. The highest BCUT2D eigenvalue weighted by atomic mass is 19.1. The number of phenols is 1.